The summed E-state index contributed by atoms with van der Waals surface area (Å²) in [4.78, 5) is 7.86. The minimum atomic E-state index is 0.107. The lowest BCUT2D eigenvalue weighted by molar-refractivity contribution is 0.281. The smallest absolute Gasteiger partial charge is 0.0798 e. The zero-order valence-electron chi connectivity index (χ0n) is 10.8. The summed E-state index contributed by atoms with van der Waals surface area (Å²) in [5.41, 5.74) is 5.24. The van der Waals surface area contributed by atoms with E-state index in [9.17, 15) is 0 Å². The second-order valence-electron chi connectivity index (χ2n) is 4.51. The fourth-order valence-electron chi connectivity index (χ4n) is 1.84. The number of aromatic nitrogens is 1. The van der Waals surface area contributed by atoms with E-state index in [2.05, 4.69) is 36.0 Å². The predicted molar refractivity (Wildman–Crippen MR) is 74.4 cm³/mol. The van der Waals surface area contributed by atoms with Crippen molar-refractivity contribution in [3.05, 3.63) is 51.5 Å². The van der Waals surface area contributed by atoms with Gasteiger partial charge in [-0.25, -0.2) is 4.98 Å². The lowest BCUT2D eigenvalue weighted by atomic mass is 10.1. The van der Waals surface area contributed by atoms with Crippen LogP contribution in [0, 0.1) is 6.92 Å². The monoisotopic (exact) mass is 262 g/mol. The molecular weight excluding hydrogens is 244 g/mol. The van der Waals surface area contributed by atoms with Gasteiger partial charge in [0.25, 0.3) is 0 Å². The SMILES string of the molecule is Cc1ncsc1CN(C)Cc1ccc(CO)cc1. The van der Waals surface area contributed by atoms with Crippen molar-refractivity contribution in [2.24, 2.45) is 0 Å². The van der Waals surface area contributed by atoms with Gasteiger partial charge in [0.2, 0.25) is 0 Å². The van der Waals surface area contributed by atoms with Gasteiger partial charge in [0.15, 0.2) is 0 Å². The first-order valence-electron chi connectivity index (χ1n) is 5.95. The van der Waals surface area contributed by atoms with E-state index in [1.807, 2.05) is 17.6 Å². The van der Waals surface area contributed by atoms with Crippen LogP contribution in [0.1, 0.15) is 21.7 Å². The molecule has 1 aromatic heterocycles. The van der Waals surface area contributed by atoms with E-state index < -0.39 is 0 Å². The normalized spacial score (nSPS) is 11.1. The van der Waals surface area contributed by atoms with E-state index >= 15 is 0 Å². The molecule has 0 radical (unpaired) electrons. The first kappa shape index (κ1) is 13.2. The molecule has 0 aliphatic carbocycles. The van der Waals surface area contributed by atoms with E-state index in [1.165, 1.54) is 10.4 Å². The van der Waals surface area contributed by atoms with Crippen LogP contribution >= 0.6 is 11.3 Å². The van der Waals surface area contributed by atoms with Crippen molar-refractivity contribution in [3.8, 4) is 0 Å². The molecule has 0 bridgehead atoms. The van der Waals surface area contributed by atoms with Crippen molar-refractivity contribution < 1.29 is 5.11 Å². The Labute approximate surface area is 112 Å². The molecule has 96 valence electrons. The molecular formula is C14H18N2OS. The quantitative estimate of drug-likeness (QED) is 0.899. The number of aliphatic hydroxyl groups excluding tert-OH is 1. The van der Waals surface area contributed by atoms with Gasteiger partial charge in [-0.1, -0.05) is 24.3 Å². The maximum Gasteiger partial charge on any atom is 0.0798 e. The summed E-state index contributed by atoms with van der Waals surface area (Å²) in [6, 6.07) is 8.09. The Morgan fingerprint density at radius 2 is 1.83 bits per heavy atom. The van der Waals surface area contributed by atoms with Crippen LogP contribution in [0.2, 0.25) is 0 Å². The second-order valence-corrected chi connectivity index (χ2v) is 5.45. The molecule has 4 heteroatoms. The molecule has 0 fully saturated rings. The molecule has 0 saturated carbocycles. The van der Waals surface area contributed by atoms with E-state index in [-0.39, 0.29) is 6.61 Å². The molecule has 3 nitrogen and oxygen atoms in total. The van der Waals surface area contributed by atoms with E-state index in [0.717, 1.165) is 24.3 Å². The summed E-state index contributed by atoms with van der Waals surface area (Å²) in [7, 11) is 2.11. The van der Waals surface area contributed by atoms with Crippen LogP contribution in [0.25, 0.3) is 0 Å². The average molecular weight is 262 g/mol. The molecule has 0 aliphatic rings. The summed E-state index contributed by atoms with van der Waals surface area (Å²) in [6.07, 6.45) is 0. The fraction of sp³-hybridized carbons (Fsp3) is 0.357. The summed E-state index contributed by atoms with van der Waals surface area (Å²) < 4.78 is 0. The van der Waals surface area contributed by atoms with Crippen molar-refractivity contribution in [2.75, 3.05) is 7.05 Å². The summed E-state index contributed by atoms with van der Waals surface area (Å²) in [5.74, 6) is 0. The number of aliphatic hydroxyl groups is 1. The Balaban J connectivity index is 1.94. The third-order valence-electron chi connectivity index (χ3n) is 2.92. The van der Waals surface area contributed by atoms with Crippen molar-refractivity contribution in [1.82, 2.24) is 9.88 Å². The number of aryl methyl sites for hydroxylation is 1. The highest BCUT2D eigenvalue weighted by Gasteiger charge is 2.06. The van der Waals surface area contributed by atoms with Crippen LogP contribution in [0.5, 0.6) is 0 Å². The molecule has 0 unspecified atom stereocenters. The van der Waals surface area contributed by atoms with Crippen LogP contribution in [0.4, 0.5) is 0 Å². The molecule has 0 atom stereocenters. The Kier molecular flexibility index (Phi) is 4.47. The molecule has 0 saturated heterocycles. The molecule has 2 rings (SSSR count). The molecule has 1 N–H and O–H groups in total. The van der Waals surface area contributed by atoms with Gasteiger partial charge in [-0.3, -0.25) is 4.90 Å². The second kappa shape index (κ2) is 6.09. The number of benzene rings is 1. The minimum Gasteiger partial charge on any atom is -0.392 e. The predicted octanol–water partition coefficient (Wildman–Crippen LogP) is 2.58. The van der Waals surface area contributed by atoms with Gasteiger partial charge in [0.1, 0.15) is 0 Å². The molecule has 1 aromatic carbocycles. The van der Waals surface area contributed by atoms with Crippen LogP contribution in [0.3, 0.4) is 0 Å². The highest BCUT2D eigenvalue weighted by molar-refractivity contribution is 7.09. The van der Waals surface area contributed by atoms with Crippen molar-refractivity contribution in [3.63, 3.8) is 0 Å². The van der Waals surface area contributed by atoms with Crippen LogP contribution in [-0.4, -0.2) is 22.0 Å². The molecule has 0 aliphatic heterocycles. The number of thiazole rings is 1. The summed E-state index contributed by atoms with van der Waals surface area (Å²) in [5, 5.41) is 9.00. The van der Waals surface area contributed by atoms with Gasteiger partial charge < -0.3 is 5.11 Å². The third kappa shape index (κ3) is 3.38. The molecule has 1 heterocycles. The number of hydrogen-bond donors (Lipinski definition) is 1. The lowest BCUT2D eigenvalue weighted by Crippen LogP contribution is -2.17. The zero-order valence-corrected chi connectivity index (χ0v) is 11.6. The molecule has 18 heavy (non-hydrogen) atoms. The van der Waals surface area contributed by atoms with Gasteiger partial charge in [-0.05, 0) is 25.1 Å². The van der Waals surface area contributed by atoms with E-state index in [0.29, 0.717) is 0 Å². The first-order valence-corrected chi connectivity index (χ1v) is 6.83. The topological polar surface area (TPSA) is 36.4 Å². The number of nitrogens with zero attached hydrogens (tertiary/aromatic N) is 2. The maximum absolute atomic E-state index is 9.00. The van der Waals surface area contributed by atoms with Crippen molar-refractivity contribution >= 4 is 11.3 Å². The Hall–Kier alpha value is -1.23. The summed E-state index contributed by atoms with van der Waals surface area (Å²) >= 11 is 1.71. The van der Waals surface area contributed by atoms with E-state index in [1.54, 1.807) is 11.3 Å². The minimum absolute atomic E-state index is 0.107. The van der Waals surface area contributed by atoms with Crippen molar-refractivity contribution in [2.45, 2.75) is 26.6 Å². The highest BCUT2D eigenvalue weighted by atomic mass is 32.1. The Morgan fingerprint density at radius 1 is 1.17 bits per heavy atom. The Morgan fingerprint density at radius 3 is 2.39 bits per heavy atom. The average Bonchev–Trinajstić information content (AvgIpc) is 2.76. The van der Waals surface area contributed by atoms with E-state index in [4.69, 9.17) is 5.11 Å². The standard InChI is InChI=1S/C14H18N2OS/c1-11-14(18-10-15-11)8-16(2)7-12-3-5-13(9-17)6-4-12/h3-6,10,17H,7-9H2,1-2H3. The van der Waals surface area contributed by atoms with Crippen LogP contribution < -0.4 is 0 Å². The lowest BCUT2D eigenvalue weighted by Gasteiger charge is -2.16. The van der Waals surface area contributed by atoms with Crippen LogP contribution in [0.15, 0.2) is 29.8 Å². The molecule has 2 aromatic rings. The number of rotatable bonds is 5. The highest BCUT2D eigenvalue weighted by Crippen LogP contribution is 2.15. The molecule has 0 spiro atoms. The maximum atomic E-state index is 9.00. The fourth-order valence-corrected chi connectivity index (χ4v) is 2.70. The number of hydrogen-bond acceptors (Lipinski definition) is 4. The van der Waals surface area contributed by atoms with Gasteiger partial charge in [-0.2, -0.15) is 0 Å². The van der Waals surface area contributed by atoms with Crippen molar-refractivity contribution in [1.29, 1.82) is 0 Å². The van der Waals surface area contributed by atoms with Gasteiger partial charge >= 0.3 is 0 Å². The zero-order chi connectivity index (χ0) is 13.0. The molecule has 0 amide bonds. The Bertz CT molecular complexity index is 493. The van der Waals surface area contributed by atoms with Gasteiger partial charge in [-0.15, -0.1) is 11.3 Å². The van der Waals surface area contributed by atoms with Gasteiger partial charge in [0.05, 0.1) is 17.8 Å². The van der Waals surface area contributed by atoms with Crippen LogP contribution in [-0.2, 0) is 19.7 Å². The third-order valence-corrected chi connectivity index (χ3v) is 3.84. The largest absolute Gasteiger partial charge is 0.392 e. The van der Waals surface area contributed by atoms with Gasteiger partial charge in [0, 0.05) is 18.0 Å². The first-order chi connectivity index (χ1) is 8.69. The summed E-state index contributed by atoms with van der Waals surface area (Å²) in [6.45, 7) is 3.99.